The van der Waals surface area contributed by atoms with Crippen molar-refractivity contribution >= 4 is 27.4 Å². The number of carboxylic acid groups (broad SMARTS) is 1. The number of nitrogens with zero attached hydrogens (tertiary/aromatic N) is 3. The third kappa shape index (κ3) is 2.76. The summed E-state index contributed by atoms with van der Waals surface area (Å²) >= 11 is 1.50. The fraction of sp³-hybridized carbons (Fsp3) is 0.105. The zero-order chi connectivity index (χ0) is 18.3. The highest BCUT2D eigenvalue weighted by molar-refractivity contribution is 7.17. The van der Waals surface area contributed by atoms with Crippen molar-refractivity contribution in [2.75, 3.05) is 0 Å². The Bertz CT molecular complexity index is 1120. The number of aromatic nitrogens is 3. The minimum Gasteiger partial charge on any atom is -0.477 e. The number of benzene rings is 1. The first-order chi connectivity index (χ1) is 12.5. The minimum absolute atomic E-state index is 0.0952. The van der Waals surface area contributed by atoms with Crippen LogP contribution in [0.1, 0.15) is 21.7 Å². The molecule has 0 fully saturated rings. The molecule has 1 aromatic carbocycles. The van der Waals surface area contributed by atoms with Crippen LogP contribution in [-0.4, -0.2) is 25.6 Å². The molecule has 0 aliphatic heterocycles. The van der Waals surface area contributed by atoms with E-state index in [1.807, 2.05) is 17.5 Å². The SMILES string of the molecule is Cc1nc(-c2cccnc2)n(Cc2cc(F)cc3ccsc23)c1C(=O)O. The lowest BCUT2D eigenvalue weighted by atomic mass is 10.1. The molecule has 0 saturated heterocycles. The molecule has 1 N–H and O–H groups in total. The van der Waals surface area contributed by atoms with Crippen LogP contribution in [0.4, 0.5) is 4.39 Å². The van der Waals surface area contributed by atoms with Gasteiger partial charge in [-0.25, -0.2) is 14.2 Å². The highest BCUT2D eigenvalue weighted by atomic mass is 32.1. The molecule has 0 atom stereocenters. The number of imidazole rings is 1. The molecule has 130 valence electrons. The number of aromatic carboxylic acids is 1. The fourth-order valence-electron chi connectivity index (χ4n) is 3.12. The largest absolute Gasteiger partial charge is 0.477 e. The minimum atomic E-state index is -1.07. The first-order valence-corrected chi connectivity index (χ1v) is 8.79. The summed E-state index contributed by atoms with van der Waals surface area (Å²) in [4.78, 5) is 20.3. The normalized spacial score (nSPS) is 11.2. The average Bonchev–Trinajstić information content (AvgIpc) is 3.20. The zero-order valence-corrected chi connectivity index (χ0v) is 14.6. The van der Waals surface area contributed by atoms with Gasteiger partial charge in [-0.3, -0.25) is 4.98 Å². The van der Waals surface area contributed by atoms with Crippen LogP contribution in [0.15, 0.2) is 48.1 Å². The van der Waals surface area contributed by atoms with Crippen LogP contribution in [0.2, 0.25) is 0 Å². The summed E-state index contributed by atoms with van der Waals surface area (Å²) in [5.41, 5.74) is 1.94. The molecule has 3 heterocycles. The van der Waals surface area contributed by atoms with E-state index in [4.69, 9.17) is 0 Å². The topological polar surface area (TPSA) is 68.0 Å². The van der Waals surface area contributed by atoms with Crippen LogP contribution in [0.25, 0.3) is 21.5 Å². The molecular formula is C19H14FN3O2S. The van der Waals surface area contributed by atoms with Crippen molar-refractivity contribution in [1.82, 2.24) is 14.5 Å². The lowest BCUT2D eigenvalue weighted by Crippen LogP contribution is -2.12. The molecule has 0 bridgehead atoms. The standard InChI is InChI=1S/C19H14FN3O2S/c1-11-16(19(24)25)23(18(22-11)13-3-2-5-21-9-13)10-14-8-15(20)7-12-4-6-26-17(12)14/h2-9H,10H2,1H3,(H,24,25). The lowest BCUT2D eigenvalue weighted by molar-refractivity contribution is 0.0685. The zero-order valence-electron chi connectivity index (χ0n) is 13.8. The Hall–Kier alpha value is -3.06. The quantitative estimate of drug-likeness (QED) is 0.582. The van der Waals surface area contributed by atoms with E-state index < -0.39 is 5.97 Å². The maximum atomic E-state index is 14.0. The van der Waals surface area contributed by atoms with Crippen LogP contribution in [0.3, 0.4) is 0 Å². The van der Waals surface area contributed by atoms with E-state index in [9.17, 15) is 14.3 Å². The molecule has 0 spiro atoms. The van der Waals surface area contributed by atoms with Crippen LogP contribution in [0, 0.1) is 12.7 Å². The van der Waals surface area contributed by atoms with Crippen molar-refractivity contribution in [3.63, 3.8) is 0 Å². The molecular weight excluding hydrogens is 353 g/mol. The van der Waals surface area contributed by atoms with E-state index in [0.29, 0.717) is 17.1 Å². The van der Waals surface area contributed by atoms with Gasteiger partial charge in [0.15, 0.2) is 5.69 Å². The summed E-state index contributed by atoms with van der Waals surface area (Å²) in [6.45, 7) is 1.87. The van der Waals surface area contributed by atoms with Crippen LogP contribution in [-0.2, 0) is 6.54 Å². The number of rotatable bonds is 4. The summed E-state index contributed by atoms with van der Waals surface area (Å²) in [5.74, 6) is -0.909. The predicted octanol–water partition coefficient (Wildman–Crippen LogP) is 4.35. The molecule has 5 nitrogen and oxygen atoms in total. The lowest BCUT2D eigenvalue weighted by Gasteiger charge is -2.11. The third-order valence-corrected chi connectivity index (χ3v) is 5.19. The Kier molecular flexibility index (Phi) is 4.00. The number of carboxylic acids is 1. The molecule has 0 saturated carbocycles. The van der Waals surface area contributed by atoms with Crippen molar-refractivity contribution in [3.05, 3.63) is 70.9 Å². The second-order valence-corrected chi connectivity index (χ2v) is 6.82. The van der Waals surface area contributed by atoms with Crippen molar-refractivity contribution < 1.29 is 14.3 Å². The Morgan fingerprint density at radius 1 is 1.35 bits per heavy atom. The number of hydrogen-bond donors (Lipinski definition) is 1. The summed E-state index contributed by atoms with van der Waals surface area (Å²) in [5, 5.41) is 12.4. The fourth-order valence-corrected chi connectivity index (χ4v) is 4.01. The molecule has 0 aliphatic carbocycles. The van der Waals surface area contributed by atoms with Crippen LogP contribution < -0.4 is 0 Å². The van der Waals surface area contributed by atoms with Crippen molar-refractivity contribution in [3.8, 4) is 11.4 Å². The van der Waals surface area contributed by atoms with Gasteiger partial charge >= 0.3 is 5.97 Å². The molecule has 7 heteroatoms. The number of hydrogen-bond acceptors (Lipinski definition) is 4. The van der Waals surface area contributed by atoms with Gasteiger partial charge in [0.25, 0.3) is 0 Å². The van der Waals surface area contributed by atoms with E-state index in [-0.39, 0.29) is 18.1 Å². The molecule has 4 aromatic rings. The molecule has 0 amide bonds. The summed E-state index contributed by atoms with van der Waals surface area (Å²) in [6, 6.07) is 8.38. The monoisotopic (exact) mass is 367 g/mol. The van der Waals surface area contributed by atoms with E-state index in [1.54, 1.807) is 30.0 Å². The molecule has 0 radical (unpaired) electrons. The number of carbonyl (C=O) groups is 1. The van der Waals surface area contributed by atoms with Gasteiger partial charge in [0.05, 0.1) is 12.2 Å². The van der Waals surface area contributed by atoms with Gasteiger partial charge < -0.3 is 9.67 Å². The van der Waals surface area contributed by atoms with Gasteiger partial charge in [0, 0.05) is 22.7 Å². The smallest absolute Gasteiger partial charge is 0.354 e. The van der Waals surface area contributed by atoms with Gasteiger partial charge in [-0.2, -0.15) is 0 Å². The van der Waals surface area contributed by atoms with E-state index >= 15 is 0 Å². The second kappa shape index (κ2) is 6.34. The summed E-state index contributed by atoms with van der Waals surface area (Å²) in [6.07, 6.45) is 3.28. The molecule has 0 aliphatic rings. The first kappa shape index (κ1) is 16.4. The maximum Gasteiger partial charge on any atom is 0.354 e. The Balaban J connectivity index is 1.92. The van der Waals surface area contributed by atoms with Gasteiger partial charge in [0.2, 0.25) is 0 Å². The number of pyridine rings is 1. The maximum absolute atomic E-state index is 14.0. The van der Waals surface area contributed by atoms with Crippen molar-refractivity contribution in [2.45, 2.75) is 13.5 Å². The molecule has 4 rings (SSSR count). The number of thiophene rings is 1. The van der Waals surface area contributed by atoms with E-state index in [2.05, 4.69) is 9.97 Å². The highest BCUT2D eigenvalue weighted by Crippen LogP contribution is 2.29. The number of aryl methyl sites for hydroxylation is 1. The molecule has 26 heavy (non-hydrogen) atoms. The van der Waals surface area contributed by atoms with Crippen molar-refractivity contribution in [2.24, 2.45) is 0 Å². The Morgan fingerprint density at radius 2 is 2.19 bits per heavy atom. The molecule has 3 aromatic heterocycles. The van der Waals surface area contributed by atoms with Gasteiger partial charge in [-0.1, -0.05) is 0 Å². The second-order valence-electron chi connectivity index (χ2n) is 5.91. The van der Waals surface area contributed by atoms with Gasteiger partial charge in [0.1, 0.15) is 11.6 Å². The molecule has 0 unspecified atom stereocenters. The Labute approximate surface area is 152 Å². The van der Waals surface area contributed by atoms with E-state index in [1.165, 1.54) is 23.5 Å². The van der Waals surface area contributed by atoms with Crippen LogP contribution in [0.5, 0.6) is 0 Å². The van der Waals surface area contributed by atoms with Crippen molar-refractivity contribution in [1.29, 1.82) is 0 Å². The van der Waals surface area contributed by atoms with Crippen LogP contribution >= 0.6 is 11.3 Å². The summed E-state index contributed by atoms with van der Waals surface area (Å²) < 4.78 is 16.6. The van der Waals surface area contributed by atoms with Gasteiger partial charge in [-0.05, 0) is 53.6 Å². The highest BCUT2D eigenvalue weighted by Gasteiger charge is 2.22. The predicted molar refractivity (Wildman–Crippen MR) is 98.0 cm³/mol. The Morgan fingerprint density at radius 3 is 2.92 bits per heavy atom. The number of fused-ring (bicyclic) bond motifs is 1. The third-order valence-electron chi connectivity index (χ3n) is 4.19. The average molecular weight is 367 g/mol. The summed E-state index contributed by atoms with van der Waals surface area (Å²) in [7, 11) is 0. The van der Waals surface area contributed by atoms with Gasteiger partial charge in [-0.15, -0.1) is 11.3 Å². The first-order valence-electron chi connectivity index (χ1n) is 7.91. The number of halogens is 1. The van der Waals surface area contributed by atoms with E-state index in [0.717, 1.165) is 15.6 Å².